The van der Waals surface area contributed by atoms with Crippen LogP contribution in [0.25, 0.3) is 11.0 Å². The van der Waals surface area contributed by atoms with Gasteiger partial charge in [-0.05, 0) is 42.5 Å². The van der Waals surface area contributed by atoms with Crippen LogP contribution < -0.4 is 11.1 Å². The SMILES string of the molecule is Nc1nn(CCP(=O)(O)O)c2nc(Nc3cccc4c3CCC4)c(F)cc12. The van der Waals surface area contributed by atoms with Gasteiger partial charge in [0.25, 0.3) is 0 Å². The first kappa shape index (κ1) is 17.9. The number of aromatic nitrogens is 3. The Hall–Kier alpha value is -2.48. The highest BCUT2D eigenvalue weighted by molar-refractivity contribution is 7.51. The summed E-state index contributed by atoms with van der Waals surface area (Å²) in [6, 6.07) is 7.11. The molecule has 0 saturated carbocycles. The molecule has 0 unspecified atom stereocenters. The van der Waals surface area contributed by atoms with Gasteiger partial charge in [0, 0.05) is 5.69 Å². The predicted octanol–water partition coefficient (Wildman–Crippen LogP) is 2.56. The summed E-state index contributed by atoms with van der Waals surface area (Å²) in [7, 11) is -4.20. The number of halogens is 1. The molecule has 142 valence electrons. The number of nitrogens with zero attached hydrogens (tertiary/aromatic N) is 3. The van der Waals surface area contributed by atoms with E-state index in [9.17, 15) is 8.96 Å². The highest BCUT2D eigenvalue weighted by Crippen LogP contribution is 2.35. The van der Waals surface area contributed by atoms with Crippen LogP contribution in [0.2, 0.25) is 0 Å². The Balaban J connectivity index is 1.72. The Morgan fingerprint density at radius 2 is 2.15 bits per heavy atom. The minimum absolute atomic E-state index is 0.0279. The van der Waals surface area contributed by atoms with Gasteiger partial charge in [-0.25, -0.2) is 14.1 Å². The standard InChI is InChI=1S/C17H19FN5O3P/c18-13-9-12-15(19)22-23(7-8-27(24,25)26)17(12)21-16(13)20-14-6-2-4-10-3-1-5-11(10)14/h2,4,6,9H,1,3,5,7-8H2,(H2,19,22)(H,20,21)(H2,24,25,26). The van der Waals surface area contributed by atoms with E-state index >= 15 is 0 Å². The lowest BCUT2D eigenvalue weighted by atomic mass is 10.1. The summed E-state index contributed by atoms with van der Waals surface area (Å²) in [4.78, 5) is 22.5. The van der Waals surface area contributed by atoms with Crippen molar-refractivity contribution in [2.24, 2.45) is 0 Å². The van der Waals surface area contributed by atoms with E-state index in [1.807, 2.05) is 12.1 Å². The maximum atomic E-state index is 14.6. The molecule has 0 saturated heterocycles. The Bertz CT molecular complexity index is 1080. The van der Waals surface area contributed by atoms with E-state index < -0.39 is 19.6 Å². The maximum Gasteiger partial charge on any atom is 0.327 e. The van der Waals surface area contributed by atoms with Crippen molar-refractivity contribution in [2.45, 2.75) is 25.8 Å². The average Bonchev–Trinajstić information content (AvgIpc) is 3.19. The Morgan fingerprint density at radius 1 is 1.33 bits per heavy atom. The van der Waals surface area contributed by atoms with Crippen LogP contribution in [0.1, 0.15) is 17.5 Å². The quantitative estimate of drug-likeness (QED) is 0.492. The van der Waals surface area contributed by atoms with Crippen LogP contribution in [0.15, 0.2) is 24.3 Å². The zero-order chi connectivity index (χ0) is 19.2. The number of pyridine rings is 1. The third-order valence-corrected chi connectivity index (χ3v) is 5.49. The first-order valence-electron chi connectivity index (χ1n) is 8.57. The molecule has 1 aliphatic carbocycles. The molecule has 4 rings (SSSR count). The van der Waals surface area contributed by atoms with Crippen LogP contribution in [0.5, 0.6) is 0 Å². The molecule has 8 nitrogen and oxygen atoms in total. The van der Waals surface area contributed by atoms with Gasteiger partial charge in [0.05, 0.1) is 18.1 Å². The normalized spacial score (nSPS) is 13.9. The smallest absolute Gasteiger partial charge is 0.327 e. The molecule has 0 aliphatic heterocycles. The van der Waals surface area contributed by atoms with E-state index in [2.05, 4.69) is 21.5 Å². The summed E-state index contributed by atoms with van der Waals surface area (Å²) in [6.07, 6.45) is 2.59. The molecule has 5 N–H and O–H groups in total. The van der Waals surface area contributed by atoms with Gasteiger partial charge in [-0.1, -0.05) is 12.1 Å². The molecule has 0 bridgehead atoms. The number of fused-ring (bicyclic) bond motifs is 2. The Kier molecular flexibility index (Phi) is 4.38. The number of aryl methyl sites for hydroxylation is 2. The van der Waals surface area contributed by atoms with Crippen LogP contribution in [-0.2, 0) is 24.0 Å². The van der Waals surface area contributed by atoms with Crippen molar-refractivity contribution >= 4 is 36.0 Å². The molecule has 0 fully saturated rings. The first-order chi connectivity index (χ1) is 12.8. The second-order valence-electron chi connectivity index (χ2n) is 6.61. The number of benzene rings is 1. The zero-order valence-electron chi connectivity index (χ0n) is 14.4. The molecule has 0 radical (unpaired) electrons. The lowest BCUT2D eigenvalue weighted by molar-refractivity contribution is 0.369. The molecule has 2 aromatic heterocycles. The van der Waals surface area contributed by atoms with E-state index in [1.54, 1.807) is 0 Å². The fourth-order valence-electron chi connectivity index (χ4n) is 3.43. The van der Waals surface area contributed by atoms with Crippen molar-refractivity contribution in [3.8, 4) is 0 Å². The van der Waals surface area contributed by atoms with Gasteiger partial charge in [-0.3, -0.25) is 4.57 Å². The number of nitrogens with one attached hydrogen (secondary N) is 1. The van der Waals surface area contributed by atoms with E-state index in [-0.39, 0.29) is 23.8 Å². The molecule has 10 heteroatoms. The summed E-state index contributed by atoms with van der Waals surface area (Å²) in [6.45, 7) is -0.0726. The minimum Gasteiger partial charge on any atom is -0.382 e. The molecule has 27 heavy (non-hydrogen) atoms. The number of rotatable bonds is 5. The number of anilines is 3. The van der Waals surface area contributed by atoms with Crippen LogP contribution in [0, 0.1) is 5.82 Å². The van der Waals surface area contributed by atoms with E-state index in [0.29, 0.717) is 5.39 Å². The molecule has 1 aromatic carbocycles. The third kappa shape index (κ3) is 3.53. The summed E-state index contributed by atoms with van der Waals surface area (Å²) >= 11 is 0. The van der Waals surface area contributed by atoms with Crippen LogP contribution in [0.4, 0.5) is 21.7 Å². The largest absolute Gasteiger partial charge is 0.382 e. The fraction of sp³-hybridized carbons (Fsp3) is 0.294. The van der Waals surface area contributed by atoms with Gasteiger partial charge in [-0.2, -0.15) is 5.10 Å². The number of nitrogens with two attached hydrogens (primary N) is 1. The second-order valence-corrected chi connectivity index (χ2v) is 8.39. The van der Waals surface area contributed by atoms with Gasteiger partial charge in [-0.15, -0.1) is 0 Å². The van der Waals surface area contributed by atoms with Crippen molar-refractivity contribution in [3.63, 3.8) is 0 Å². The van der Waals surface area contributed by atoms with Crippen LogP contribution in [0.3, 0.4) is 0 Å². The predicted molar refractivity (Wildman–Crippen MR) is 101 cm³/mol. The second kappa shape index (κ2) is 6.60. The Morgan fingerprint density at radius 3 is 2.93 bits per heavy atom. The fourth-order valence-corrected chi connectivity index (χ4v) is 3.88. The molecule has 0 atom stereocenters. The number of hydrogen-bond acceptors (Lipinski definition) is 5. The van der Waals surface area contributed by atoms with Gasteiger partial charge in [0.2, 0.25) is 0 Å². The molecular weight excluding hydrogens is 372 g/mol. The summed E-state index contributed by atoms with van der Waals surface area (Å²) in [5, 5.41) is 7.39. The highest BCUT2D eigenvalue weighted by Gasteiger charge is 2.20. The third-order valence-electron chi connectivity index (χ3n) is 4.71. The molecule has 0 spiro atoms. The van der Waals surface area contributed by atoms with Crippen molar-refractivity contribution in [1.82, 2.24) is 14.8 Å². The summed E-state index contributed by atoms with van der Waals surface area (Å²) in [5.74, 6) is -0.478. The van der Waals surface area contributed by atoms with E-state index in [0.717, 1.165) is 30.5 Å². The summed E-state index contributed by atoms with van der Waals surface area (Å²) < 4.78 is 27.0. The lowest BCUT2D eigenvalue weighted by Gasteiger charge is -2.12. The minimum atomic E-state index is -4.20. The van der Waals surface area contributed by atoms with Crippen molar-refractivity contribution in [3.05, 3.63) is 41.2 Å². The van der Waals surface area contributed by atoms with Gasteiger partial charge in [0.15, 0.2) is 23.1 Å². The van der Waals surface area contributed by atoms with Gasteiger partial charge in [0.1, 0.15) is 0 Å². The van der Waals surface area contributed by atoms with Crippen LogP contribution in [-0.4, -0.2) is 30.7 Å². The van der Waals surface area contributed by atoms with E-state index in [1.165, 1.54) is 16.3 Å². The number of hydrogen-bond donors (Lipinski definition) is 4. The van der Waals surface area contributed by atoms with E-state index in [4.69, 9.17) is 15.5 Å². The van der Waals surface area contributed by atoms with Gasteiger partial charge < -0.3 is 20.8 Å². The van der Waals surface area contributed by atoms with Crippen molar-refractivity contribution in [2.75, 3.05) is 17.2 Å². The summed E-state index contributed by atoms with van der Waals surface area (Å²) in [5.41, 5.74) is 9.30. The topological polar surface area (TPSA) is 126 Å². The molecule has 3 aromatic rings. The maximum absolute atomic E-state index is 14.6. The van der Waals surface area contributed by atoms with Crippen LogP contribution >= 0.6 is 7.60 Å². The zero-order valence-corrected chi connectivity index (χ0v) is 15.3. The first-order valence-corrected chi connectivity index (χ1v) is 10.4. The molecule has 1 aliphatic rings. The average molecular weight is 391 g/mol. The number of nitrogen functional groups attached to an aromatic ring is 1. The van der Waals surface area contributed by atoms with Crippen molar-refractivity contribution < 1.29 is 18.7 Å². The highest BCUT2D eigenvalue weighted by atomic mass is 31.2. The monoisotopic (exact) mass is 391 g/mol. The molecular formula is C17H19FN5O3P. The lowest BCUT2D eigenvalue weighted by Crippen LogP contribution is -2.07. The Labute approximate surface area is 154 Å². The van der Waals surface area contributed by atoms with Crippen molar-refractivity contribution in [1.29, 1.82) is 0 Å². The molecule has 2 heterocycles. The van der Waals surface area contributed by atoms with Gasteiger partial charge >= 0.3 is 7.60 Å². The molecule has 0 amide bonds.